The van der Waals surface area contributed by atoms with E-state index in [1.54, 1.807) is 30.5 Å². The number of amides is 1. The van der Waals surface area contributed by atoms with Crippen LogP contribution in [0.1, 0.15) is 10.4 Å². The van der Waals surface area contributed by atoms with Crippen LogP contribution in [0.25, 0.3) is 5.82 Å². The molecule has 0 atom stereocenters. The van der Waals surface area contributed by atoms with Gasteiger partial charge in [-0.1, -0.05) is 30.3 Å². The number of pyridine rings is 1. The van der Waals surface area contributed by atoms with Gasteiger partial charge in [0.25, 0.3) is 5.91 Å². The van der Waals surface area contributed by atoms with Gasteiger partial charge in [0.05, 0.1) is 5.69 Å². The fraction of sp³-hybridized carbons (Fsp3) is 0. The number of carbonyl (C=O) groups is 1. The number of ether oxygens (including phenoxy) is 1. The molecule has 0 bridgehead atoms. The maximum Gasteiger partial charge on any atom is 0.255 e. The largest absolute Gasteiger partial charge is 0.455 e. The van der Waals surface area contributed by atoms with Gasteiger partial charge in [0.2, 0.25) is 0 Å². The van der Waals surface area contributed by atoms with Gasteiger partial charge in [0.1, 0.15) is 18.4 Å². The molecule has 0 unspecified atom stereocenters. The van der Waals surface area contributed by atoms with Crippen LogP contribution in [0.15, 0.2) is 85.6 Å². The topological polar surface area (TPSA) is 81.9 Å². The van der Waals surface area contributed by atoms with Crippen LogP contribution >= 0.6 is 0 Å². The fourth-order valence-corrected chi connectivity index (χ4v) is 2.48. The molecule has 0 aliphatic heterocycles. The monoisotopic (exact) mass is 357 g/mol. The summed E-state index contributed by atoms with van der Waals surface area (Å²) in [6.45, 7) is 0. The fourth-order valence-electron chi connectivity index (χ4n) is 2.48. The van der Waals surface area contributed by atoms with E-state index in [1.807, 2.05) is 42.5 Å². The van der Waals surface area contributed by atoms with E-state index in [2.05, 4.69) is 20.4 Å². The first-order valence-corrected chi connectivity index (χ1v) is 8.24. The molecule has 0 saturated heterocycles. The molecule has 7 heteroatoms. The minimum absolute atomic E-state index is 0.275. The smallest absolute Gasteiger partial charge is 0.255 e. The highest BCUT2D eigenvalue weighted by Gasteiger charge is 2.12. The number of benzene rings is 2. The first kappa shape index (κ1) is 16.5. The predicted octanol–water partition coefficient (Wildman–Crippen LogP) is 3.71. The second-order valence-corrected chi connectivity index (χ2v) is 5.61. The number of nitrogens with one attached hydrogen (secondary N) is 1. The van der Waals surface area contributed by atoms with E-state index in [0.717, 1.165) is 0 Å². The van der Waals surface area contributed by atoms with Crippen molar-refractivity contribution in [2.24, 2.45) is 0 Å². The van der Waals surface area contributed by atoms with Crippen molar-refractivity contribution >= 4 is 11.6 Å². The third-order valence-corrected chi connectivity index (χ3v) is 3.77. The molecule has 1 N–H and O–H groups in total. The average Bonchev–Trinajstić information content (AvgIpc) is 3.25. The van der Waals surface area contributed by atoms with E-state index >= 15 is 0 Å². The quantitative estimate of drug-likeness (QED) is 0.589. The number of hydrogen-bond donors (Lipinski definition) is 1. The summed E-state index contributed by atoms with van der Waals surface area (Å²) in [5, 5.41) is 6.91. The van der Waals surface area contributed by atoms with E-state index in [0.29, 0.717) is 28.6 Å². The highest BCUT2D eigenvalue weighted by molar-refractivity contribution is 6.05. The number of aromatic nitrogens is 4. The van der Waals surface area contributed by atoms with E-state index < -0.39 is 0 Å². The lowest BCUT2D eigenvalue weighted by molar-refractivity contribution is 0.102. The van der Waals surface area contributed by atoms with Gasteiger partial charge >= 0.3 is 0 Å². The summed E-state index contributed by atoms with van der Waals surface area (Å²) in [7, 11) is 0. The van der Waals surface area contributed by atoms with Gasteiger partial charge in [0.15, 0.2) is 11.6 Å². The van der Waals surface area contributed by atoms with E-state index in [1.165, 1.54) is 17.3 Å². The average molecular weight is 357 g/mol. The molecule has 0 spiro atoms. The summed E-state index contributed by atoms with van der Waals surface area (Å²) in [5.41, 5.74) is 1.02. The van der Waals surface area contributed by atoms with Crippen molar-refractivity contribution in [3.63, 3.8) is 0 Å². The van der Waals surface area contributed by atoms with Crippen LogP contribution in [0.5, 0.6) is 11.5 Å². The molecule has 0 aliphatic rings. The molecule has 2 aromatic heterocycles. The zero-order chi connectivity index (χ0) is 18.5. The van der Waals surface area contributed by atoms with Crippen LogP contribution in [-0.4, -0.2) is 25.7 Å². The Hall–Kier alpha value is -4.00. The lowest BCUT2D eigenvalue weighted by Gasteiger charge is -2.12. The maximum atomic E-state index is 12.7. The van der Waals surface area contributed by atoms with Gasteiger partial charge in [0, 0.05) is 11.8 Å². The van der Waals surface area contributed by atoms with Gasteiger partial charge < -0.3 is 10.1 Å². The molecule has 0 fully saturated rings. The second kappa shape index (κ2) is 7.49. The Balaban J connectivity index is 1.56. The van der Waals surface area contributed by atoms with Crippen LogP contribution in [0, 0.1) is 0 Å². The van der Waals surface area contributed by atoms with E-state index in [4.69, 9.17) is 4.74 Å². The molecule has 2 heterocycles. The van der Waals surface area contributed by atoms with Crippen LogP contribution in [0.2, 0.25) is 0 Å². The highest BCUT2D eigenvalue weighted by Crippen LogP contribution is 2.29. The van der Waals surface area contributed by atoms with Crippen molar-refractivity contribution in [2.45, 2.75) is 0 Å². The Labute approximate surface area is 155 Å². The summed E-state index contributed by atoms with van der Waals surface area (Å²) in [6, 6.07) is 19.9. The van der Waals surface area contributed by atoms with Crippen LogP contribution < -0.4 is 10.1 Å². The molecule has 1 amide bonds. The predicted molar refractivity (Wildman–Crippen MR) is 100 cm³/mol. The number of anilines is 1. The minimum atomic E-state index is -0.275. The van der Waals surface area contributed by atoms with Crippen molar-refractivity contribution in [3.8, 4) is 17.3 Å². The SMILES string of the molecule is O=C(Nc1ccccc1Oc1ccccc1)c1ccnc(-n2cncn2)c1. The molecule has 4 rings (SSSR count). The second-order valence-electron chi connectivity index (χ2n) is 5.61. The molecule has 0 saturated carbocycles. The number of para-hydroxylation sites is 3. The molecule has 0 radical (unpaired) electrons. The lowest BCUT2D eigenvalue weighted by atomic mass is 10.2. The molecule has 4 aromatic rings. The molecule has 27 heavy (non-hydrogen) atoms. The summed E-state index contributed by atoms with van der Waals surface area (Å²) < 4.78 is 7.37. The summed E-state index contributed by atoms with van der Waals surface area (Å²) >= 11 is 0. The number of carbonyl (C=O) groups excluding carboxylic acids is 1. The summed E-state index contributed by atoms with van der Waals surface area (Å²) in [4.78, 5) is 20.8. The maximum absolute atomic E-state index is 12.7. The Morgan fingerprint density at radius 3 is 2.63 bits per heavy atom. The molecule has 0 aliphatic carbocycles. The van der Waals surface area contributed by atoms with Crippen molar-refractivity contribution in [1.29, 1.82) is 0 Å². The molecule has 7 nitrogen and oxygen atoms in total. The van der Waals surface area contributed by atoms with Crippen molar-refractivity contribution in [3.05, 3.63) is 91.1 Å². The van der Waals surface area contributed by atoms with Crippen molar-refractivity contribution in [2.75, 3.05) is 5.32 Å². The normalized spacial score (nSPS) is 10.4. The Morgan fingerprint density at radius 1 is 1.00 bits per heavy atom. The van der Waals surface area contributed by atoms with Crippen LogP contribution in [-0.2, 0) is 0 Å². The molecular formula is C20H15N5O2. The zero-order valence-electron chi connectivity index (χ0n) is 14.2. The standard InChI is InChI=1S/C20H15N5O2/c26-20(15-10-11-22-19(12-15)25-14-21-13-23-25)24-17-8-4-5-9-18(17)27-16-6-2-1-3-7-16/h1-14H,(H,24,26). The highest BCUT2D eigenvalue weighted by atomic mass is 16.5. The molecule has 2 aromatic carbocycles. The molecular weight excluding hydrogens is 342 g/mol. The third kappa shape index (κ3) is 3.82. The summed E-state index contributed by atoms with van der Waals surface area (Å²) in [6.07, 6.45) is 4.48. The van der Waals surface area contributed by atoms with Gasteiger partial charge in [-0.2, -0.15) is 5.10 Å². The Bertz CT molecular complexity index is 1050. The zero-order valence-corrected chi connectivity index (χ0v) is 14.2. The van der Waals surface area contributed by atoms with Gasteiger partial charge in [-0.3, -0.25) is 4.79 Å². The van der Waals surface area contributed by atoms with Crippen LogP contribution in [0.3, 0.4) is 0 Å². The van der Waals surface area contributed by atoms with Crippen molar-refractivity contribution < 1.29 is 9.53 Å². The number of hydrogen-bond acceptors (Lipinski definition) is 5. The van der Waals surface area contributed by atoms with Crippen molar-refractivity contribution in [1.82, 2.24) is 19.7 Å². The first-order chi connectivity index (χ1) is 13.3. The third-order valence-electron chi connectivity index (χ3n) is 3.77. The first-order valence-electron chi connectivity index (χ1n) is 8.24. The van der Waals surface area contributed by atoms with Gasteiger partial charge in [-0.05, 0) is 36.4 Å². The minimum Gasteiger partial charge on any atom is -0.455 e. The van der Waals surface area contributed by atoms with Gasteiger partial charge in [-0.15, -0.1) is 0 Å². The van der Waals surface area contributed by atoms with Crippen LogP contribution in [0.4, 0.5) is 5.69 Å². The Kier molecular flexibility index (Phi) is 4.57. The number of nitrogens with zero attached hydrogens (tertiary/aromatic N) is 4. The van der Waals surface area contributed by atoms with E-state index in [-0.39, 0.29) is 5.91 Å². The van der Waals surface area contributed by atoms with E-state index in [9.17, 15) is 4.79 Å². The van der Waals surface area contributed by atoms with Gasteiger partial charge in [-0.25, -0.2) is 14.6 Å². The number of rotatable bonds is 5. The Morgan fingerprint density at radius 2 is 1.81 bits per heavy atom. The molecule has 132 valence electrons. The lowest BCUT2D eigenvalue weighted by Crippen LogP contribution is -2.13. The summed E-state index contributed by atoms with van der Waals surface area (Å²) in [5.74, 6) is 1.48.